The maximum atomic E-state index is 11.8. The van der Waals surface area contributed by atoms with E-state index in [9.17, 15) is 18.0 Å². The smallest absolute Gasteiger partial charge is 0.355 e. The lowest BCUT2D eigenvalue weighted by Crippen LogP contribution is -2.46. The first-order valence-electron chi connectivity index (χ1n) is 5.57. The van der Waals surface area contributed by atoms with Gasteiger partial charge in [0.15, 0.2) is 0 Å². The van der Waals surface area contributed by atoms with Crippen LogP contribution in [0.5, 0.6) is 0 Å². The quantitative estimate of drug-likeness (QED) is 0.730. The predicted octanol–water partition coefficient (Wildman–Crippen LogP) is 1.59. The molecule has 0 aliphatic carbocycles. The summed E-state index contributed by atoms with van der Waals surface area (Å²) in [4.78, 5) is 11.5. The monoisotopic (exact) mass is 238 g/mol. The Morgan fingerprint density at radius 3 is 2.69 bits per heavy atom. The molecule has 1 heterocycles. The average molecular weight is 238 g/mol. The third kappa shape index (κ3) is 5.34. The van der Waals surface area contributed by atoms with Gasteiger partial charge >= 0.3 is 6.18 Å². The molecule has 1 amide bonds. The largest absolute Gasteiger partial charge is 0.389 e. The summed E-state index contributed by atoms with van der Waals surface area (Å²) in [6.07, 6.45) is -2.21. The molecule has 0 bridgehead atoms. The molecule has 0 unspecified atom stereocenters. The highest BCUT2D eigenvalue weighted by Gasteiger charge is 2.26. The van der Waals surface area contributed by atoms with E-state index in [0.29, 0.717) is 0 Å². The molecule has 0 spiro atoms. The van der Waals surface area contributed by atoms with Crippen molar-refractivity contribution >= 4 is 5.91 Å². The van der Waals surface area contributed by atoms with Crippen molar-refractivity contribution in [3.63, 3.8) is 0 Å². The number of hydrogen-bond acceptors (Lipinski definition) is 2. The lowest BCUT2D eigenvalue weighted by atomic mass is 10.0. The first-order chi connectivity index (χ1) is 7.49. The van der Waals surface area contributed by atoms with Crippen LogP contribution in [0.1, 0.15) is 32.1 Å². The van der Waals surface area contributed by atoms with Gasteiger partial charge in [0.05, 0.1) is 6.04 Å². The Morgan fingerprint density at radius 1 is 1.38 bits per heavy atom. The minimum absolute atomic E-state index is 0.0536. The van der Waals surface area contributed by atoms with E-state index in [4.69, 9.17) is 0 Å². The fraction of sp³-hybridized carbons (Fsp3) is 0.900. The molecule has 3 nitrogen and oxygen atoms in total. The van der Waals surface area contributed by atoms with Crippen molar-refractivity contribution < 1.29 is 18.0 Å². The third-order valence-corrected chi connectivity index (χ3v) is 2.56. The molecule has 2 N–H and O–H groups in total. The summed E-state index contributed by atoms with van der Waals surface area (Å²) in [5.74, 6) is -0.179. The molecular formula is C10H17F3N2O. The molecule has 16 heavy (non-hydrogen) atoms. The highest BCUT2D eigenvalue weighted by molar-refractivity contribution is 5.81. The molecular weight excluding hydrogens is 221 g/mol. The number of alkyl halides is 3. The minimum Gasteiger partial charge on any atom is -0.355 e. The molecule has 1 saturated heterocycles. The molecule has 6 heteroatoms. The van der Waals surface area contributed by atoms with E-state index in [1.807, 2.05) is 0 Å². The van der Waals surface area contributed by atoms with Crippen LogP contribution in [0.4, 0.5) is 13.2 Å². The van der Waals surface area contributed by atoms with Crippen LogP contribution in [-0.2, 0) is 4.79 Å². The Hall–Kier alpha value is -0.780. The van der Waals surface area contributed by atoms with Gasteiger partial charge in [0.25, 0.3) is 0 Å². The summed E-state index contributed by atoms with van der Waals surface area (Å²) in [6, 6.07) is -0.223. The van der Waals surface area contributed by atoms with E-state index >= 15 is 0 Å². The minimum atomic E-state index is -4.13. The van der Waals surface area contributed by atoms with Crippen LogP contribution in [-0.4, -0.2) is 31.2 Å². The average Bonchev–Trinajstić information content (AvgIpc) is 2.24. The Labute approximate surface area is 92.8 Å². The van der Waals surface area contributed by atoms with Gasteiger partial charge in [0.2, 0.25) is 5.91 Å². The van der Waals surface area contributed by atoms with Gasteiger partial charge in [-0.2, -0.15) is 13.2 Å². The van der Waals surface area contributed by atoms with E-state index in [-0.39, 0.29) is 24.9 Å². The van der Waals surface area contributed by atoms with Crippen LogP contribution >= 0.6 is 0 Å². The van der Waals surface area contributed by atoms with Gasteiger partial charge < -0.3 is 10.6 Å². The molecule has 1 fully saturated rings. The van der Waals surface area contributed by atoms with Crippen LogP contribution in [0, 0.1) is 0 Å². The van der Waals surface area contributed by atoms with E-state index in [2.05, 4.69) is 10.6 Å². The van der Waals surface area contributed by atoms with E-state index in [1.54, 1.807) is 0 Å². The highest BCUT2D eigenvalue weighted by Crippen LogP contribution is 2.20. The molecule has 0 radical (unpaired) electrons. The molecule has 0 aromatic rings. The van der Waals surface area contributed by atoms with Crippen LogP contribution in [0.3, 0.4) is 0 Å². The summed E-state index contributed by atoms with van der Waals surface area (Å²) in [6.45, 7) is 0.900. The van der Waals surface area contributed by atoms with Crippen LogP contribution in [0.2, 0.25) is 0 Å². The number of piperidine rings is 1. The second-order valence-corrected chi connectivity index (χ2v) is 4.01. The van der Waals surface area contributed by atoms with Crippen molar-refractivity contribution in [3.05, 3.63) is 0 Å². The summed E-state index contributed by atoms with van der Waals surface area (Å²) in [7, 11) is 0. The Balaban J connectivity index is 2.10. The van der Waals surface area contributed by atoms with Crippen molar-refractivity contribution in [1.29, 1.82) is 0 Å². The molecule has 1 atom stereocenters. The second kappa shape index (κ2) is 6.08. The zero-order valence-electron chi connectivity index (χ0n) is 9.07. The van der Waals surface area contributed by atoms with Gasteiger partial charge in [0.1, 0.15) is 0 Å². The third-order valence-electron chi connectivity index (χ3n) is 2.56. The van der Waals surface area contributed by atoms with Gasteiger partial charge in [-0.05, 0) is 25.8 Å². The number of rotatable bonds is 4. The van der Waals surface area contributed by atoms with Gasteiger partial charge in [-0.15, -0.1) is 0 Å². The fourth-order valence-corrected chi connectivity index (χ4v) is 1.70. The van der Waals surface area contributed by atoms with E-state index in [1.165, 1.54) is 0 Å². The van der Waals surface area contributed by atoms with Crippen molar-refractivity contribution in [2.24, 2.45) is 0 Å². The van der Waals surface area contributed by atoms with Gasteiger partial charge in [-0.3, -0.25) is 4.79 Å². The maximum absolute atomic E-state index is 11.8. The topological polar surface area (TPSA) is 41.1 Å². The van der Waals surface area contributed by atoms with Crippen LogP contribution in [0.25, 0.3) is 0 Å². The maximum Gasteiger partial charge on any atom is 0.389 e. The predicted molar refractivity (Wildman–Crippen MR) is 53.9 cm³/mol. The van der Waals surface area contributed by atoms with Crippen molar-refractivity contribution in [1.82, 2.24) is 10.6 Å². The molecule has 1 aliphatic heterocycles. The normalized spacial score (nSPS) is 21.8. The number of nitrogens with one attached hydrogen (secondary N) is 2. The van der Waals surface area contributed by atoms with Crippen molar-refractivity contribution in [2.45, 2.75) is 44.3 Å². The zero-order chi connectivity index (χ0) is 12.0. The molecule has 0 saturated carbocycles. The van der Waals surface area contributed by atoms with Gasteiger partial charge in [-0.25, -0.2) is 0 Å². The van der Waals surface area contributed by atoms with Gasteiger partial charge in [-0.1, -0.05) is 6.42 Å². The summed E-state index contributed by atoms with van der Waals surface area (Å²) in [5.41, 5.74) is 0. The molecule has 1 aliphatic rings. The van der Waals surface area contributed by atoms with Crippen molar-refractivity contribution in [3.8, 4) is 0 Å². The Morgan fingerprint density at radius 2 is 2.12 bits per heavy atom. The Bertz CT molecular complexity index is 225. The second-order valence-electron chi connectivity index (χ2n) is 4.01. The molecule has 1 rings (SSSR count). The van der Waals surface area contributed by atoms with Crippen LogP contribution < -0.4 is 10.6 Å². The summed E-state index contributed by atoms with van der Waals surface area (Å²) in [5, 5.41) is 5.57. The lowest BCUT2D eigenvalue weighted by Gasteiger charge is -2.22. The number of hydrogen-bond donors (Lipinski definition) is 2. The van der Waals surface area contributed by atoms with E-state index in [0.717, 1.165) is 25.8 Å². The number of carbonyl (C=O) groups is 1. The number of halogens is 3. The fourth-order valence-electron chi connectivity index (χ4n) is 1.70. The molecule has 94 valence electrons. The number of carbonyl (C=O) groups excluding carboxylic acids is 1. The Kier molecular flexibility index (Phi) is 5.05. The number of amides is 1. The SMILES string of the molecule is O=C(NCCCC(F)(F)F)[C@H]1CCCCN1. The van der Waals surface area contributed by atoms with Gasteiger partial charge in [0, 0.05) is 13.0 Å². The summed E-state index contributed by atoms with van der Waals surface area (Å²) >= 11 is 0. The molecule has 0 aromatic carbocycles. The lowest BCUT2D eigenvalue weighted by molar-refractivity contribution is -0.136. The summed E-state index contributed by atoms with van der Waals surface area (Å²) < 4.78 is 35.4. The molecule has 0 aromatic heterocycles. The van der Waals surface area contributed by atoms with Crippen LogP contribution in [0.15, 0.2) is 0 Å². The highest BCUT2D eigenvalue weighted by atomic mass is 19.4. The zero-order valence-corrected chi connectivity index (χ0v) is 9.07. The first kappa shape index (κ1) is 13.3. The van der Waals surface area contributed by atoms with E-state index < -0.39 is 12.6 Å². The standard InChI is InChI=1S/C10H17F3N2O/c11-10(12,13)5-3-7-15-9(16)8-4-1-2-6-14-8/h8,14H,1-7H2,(H,15,16)/t8-/m1/s1. The first-order valence-corrected chi connectivity index (χ1v) is 5.57. The van der Waals surface area contributed by atoms with Crippen molar-refractivity contribution in [2.75, 3.05) is 13.1 Å².